The fourth-order valence-corrected chi connectivity index (χ4v) is 2.50. The predicted molar refractivity (Wildman–Crippen MR) is 69.7 cm³/mol. The Kier molecular flexibility index (Phi) is 2.81. The molecule has 0 radical (unpaired) electrons. The number of hydrogen-bond donors (Lipinski definition) is 1. The minimum atomic E-state index is -0.436. The quantitative estimate of drug-likeness (QED) is 0.851. The van der Waals surface area contributed by atoms with E-state index in [1.807, 2.05) is 0 Å². The van der Waals surface area contributed by atoms with Gasteiger partial charge >= 0.3 is 0 Å². The molecular weight excluding hydrogens is 247 g/mol. The lowest BCUT2D eigenvalue weighted by Crippen LogP contribution is -2.28. The van der Waals surface area contributed by atoms with E-state index in [2.05, 4.69) is 4.98 Å². The topological polar surface area (TPSA) is 53.2 Å². The van der Waals surface area contributed by atoms with Gasteiger partial charge in [-0.05, 0) is 31.0 Å². The number of nitrogens with one attached hydrogen (secondary N) is 1. The second kappa shape index (κ2) is 4.50. The van der Waals surface area contributed by atoms with Crippen molar-refractivity contribution in [2.45, 2.75) is 12.8 Å². The first-order chi connectivity index (χ1) is 9.15. The predicted octanol–water partition coefficient (Wildman–Crippen LogP) is 1.90. The molecule has 0 saturated carbocycles. The number of benzene rings is 1. The Bertz CT molecular complexity index is 702. The van der Waals surface area contributed by atoms with Crippen LogP contribution in [-0.2, 0) is 0 Å². The highest BCUT2D eigenvalue weighted by Crippen LogP contribution is 2.20. The first kappa shape index (κ1) is 11.9. The van der Waals surface area contributed by atoms with Gasteiger partial charge in [0.2, 0.25) is 5.56 Å². The molecule has 1 fully saturated rings. The highest BCUT2D eigenvalue weighted by atomic mass is 19.1. The summed E-state index contributed by atoms with van der Waals surface area (Å²) in [6, 6.07) is 5.35. The summed E-state index contributed by atoms with van der Waals surface area (Å²) in [4.78, 5) is 28.2. The summed E-state index contributed by atoms with van der Waals surface area (Å²) in [6.07, 6.45) is 1.98. The zero-order valence-corrected chi connectivity index (χ0v) is 10.3. The van der Waals surface area contributed by atoms with Crippen molar-refractivity contribution >= 4 is 16.8 Å². The van der Waals surface area contributed by atoms with Crippen LogP contribution in [0.5, 0.6) is 0 Å². The van der Waals surface area contributed by atoms with Crippen molar-refractivity contribution in [2.24, 2.45) is 0 Å². The molecule has 4 nitrogen and oxygen atoms in total. The molecule has 1 saturated heterocycles. The zero-order valence-electron chi connectivity index (χ0n) is 10.3. The van der Waals surface area contributed by atoms with Crippen molar-refractivity contribution in [2.75, 3.05) is 13.1 Å². The third-order valence-electron chi connectivity index (χ3n) is 3.43. The van der Waals surface area contributed by atoms with Crippen LogP contribution >= 0.6 is 0 Å². The number of rotatable bonds is 1. The Morgan fingerprint density at radius 2 is 1.95 bits per heavy atom. The van der Waals surface area contributed by atoms with Gasteiger partial charge in [0.05, 0.1) is 11.1 Å². The van der Waals surface area contributed by atoms with Crippen molar-refractivity contribution in [3.8, 4) is 0 Å². The normalized spacial score (nSPS) is 15.1. The number of amides is 1. The van der Waals surface area contributed by atoms with Gasteiger partial charge in [0.1, 0.15) is 5.82 Å². The molecule has 0 unspecified atom stereocenters. The van der Waals surface area contributed by atoms with Gasteiger partial charge in [-0.1, -0.05) is 0 Å². The van der Waals surface area contributed by atoms with Crippen LogP contribution in [0.3, 0.4) is 0 Å². The molecule has 0 atom stereocenters. The third kappa shape index (κ3) is 2.12. The lowest BCUT2D eigenvalue weighted by molar-refractivity contribution is 0.0794. The molecule has 0 aliphatic carbocycles. The molecule has 1 aromatic carbocycles. The van der Waals surface area contributed by atoms with Gasteiger partial charge in [0, 0.05) is 24.5 Å². The second-order valence-electron chi connectivity index (χ2n) is 4.74. The maximum absolute atomic E-state index is 13.2. The lowest BCUT2D eigenvalue weighted by atomic mass is 10.1. The first-order valence-corrected chi connectivity index (χ1v) is 6.27. The van der Waals surface area contributed by atoms with E-state index in [9.17, 15) is 14.0 Å². The highest BCUT2D eigenvalue weighted by molar-refractivity contribution is 6.06. The van der Waals surface area contributed by atoms with Gasteiger partial charge in [0.15, 0.2) is 0 Å². The Hall–Kier alpha value is -2.17. The molecule has 98 valence electrons. The molecule has 1 amide bonds. The number of H-pyrrole nitrogens is 1. The number of halogens is 1. The number of nitrogens with zero attached hydrogens (tertiary/aromatic N) is 1. The molecule has 1 aromatic heterocycles. The maximum Gasteiger partial charge on any atom is 0.254 e. The average molecular weight is 260 g/mol. The number of hydrogen-bond acceptors (Lipinski definition) is 2. The summed E-state index contributed by atoms with van der Waals surface area (Å²) in [5, 5.41) is 0.581. The first-order valence-electron chi connectivity index (χ1n) is 6.27. The van der Waals surface area contributed by atoms with Crippen LogP contribution in [0, 0.1) is 5.82 Å². The Morgan fingerprint density at radius 3 is 2.68 bits per heavy atom. The van der Waals surface area contributed by atoms with Crippen LogP contribution in [-0.4, -0.2) is 28.9 Å². The van der Waals surface area contributed by atoms with Crippen LogP contribution in [0.25, 0.3) is 10.9 Å². The number of fused-ring (bicyclic) bond motifs is 1. The second-order valence-corrected chi connectivity index (χ2v) is 4.74. The van der Waals surface area contributed by atoms with Crippen LogP contribution in [0.2, 0.25) is 0 Å². The number of likely N-dealkylation sites (tertiary alicyclic amines) is 1. The fourth-order valence-electron chi connectivity index (χ4n) is 2.50. The number of pyridine rings is 1. The van der Waals surface area contributed by atoms with Crippen molar-refractivity contribution in [3.63, 3.8) is 0 Å². The number of aromatic nitrogens is 1. The summed E-state index contributed by atoms with van der Waals surface area (Å²) in [5.74, 6) is -0.589. The van der Waals surface area contributed by atoms with Gasteiger partial charge in [0.25, 0.3) is 5.91 Å². The summed E-state index contributed by atoms with van der Waals surface area (Å²) in [6.45, 7) is 1.43. The van der Waals surface area contributed by atoms with E-state index in [-0.39, 0.29) is 11.5 Å². The third-order valence-corrected chi connectivity index (χ3v) is 3.43. The molecular formula is C14H13FN2O2. The van der Waals surface area contributed by atoms with E-state index >= 15 is 0 Å². The van der Waals surface area contributed by atoms with Crippen molar-refractivity contribution in [1.82, 2.24) is 9.88 Å². The van der Waals surface area contributed by atoms with Crippen LogP contribution in [0.15, 0.2) is 29.1 Å². The lowest BCUT2D eigenvalue weighted by Gasteiger charge is -2.16. The van der Waals surface area contributed by atoms with Crippen molar-refractivity contribution < 1.29 is 9.18 Å². The SMILES string of the molecule is O=C(c1cc(=O)[nH]c2cc(F)ccc12)N1CCCC1. The maximum atomic E-state index is 13.2. The summed E-state index contributed by atoms with van der Waals surface area (Å²) >= 11 is 0. The van der Waals surface area contributed by atoms with Crippen LogP contribution in [0.1, 0.15) is 23.2 Å². The molecule has 0 bridgehead atoms. The monoisotopic (exact) mass is 260 g/mol. The van der Waals surface area contributed by atoms with Crippen LogP contribution in [0.4, 0.5) is 4.39 Å². The molecule has 2 aromatic rings. The molecule has 1 N–H and O–H groups in total. The number of aromatic amines is 1. The van der Waals surface area contributed by atoms with Gasteiger partial charge < -0.3 is 9.88 Å². The Balaban J connectivity index is 2.16. The van der Waals surface area contributed by atoms with E-state index in [1.54, 1.807) is 4.90 Å². The molecule has 5 heteroatoms. The standard InChI is InChI=1S/C14H13FN2O2/c15-9-3-4-10-11(8-13(18)16-12(10)7-9)14(19)17-5-1-2-6-17/h3-4,7-8H,1-2,5-6H2,(H,16,18). The van der Waals surface area contributed by atoms with Crippen molar-refractivity contribution in [1.29, 1.82) is 0 Å². The van der Waals surface area contributed by atoms with E-state index in [1.165, 1.54) is 24.3 Å². The Morgan fingerprint density at radius 1 is 1.21 bits per heavy atom. The number of carbonyl (C=O) groups excluding carboxylic acids is 1. The smallest absolute Gasteiger partial charge is 0.254 e. The minimum absolute atomic E-state index is 0.153. The van der Waals surface area contributed by atoms with Gasteiger partial charge in [-0.15, -0.1) is 0 Å². The fraction of sp³-hybridized carbons (Fsp3) is 0.286. The van der Waals surface area contributed by atoms with Gasteiger partial charge in [-0.3, -0.25) is 9.59 Å². The summed E-state index contributed by atoms with van der Waals surface area (Å²) in [5.41, 5.74) is 0.316. The molecule has 1 aliphatic rings. The van der Waals surface area contributed by atoms with E-state index in [4.69, 9.17) is 0 Å². The minimum Gasteiger partial charge on any atom is -0.339 e. The summed E-state index contributed by atoms with van der Waals surface area (Å²) < 4.78 is 13.2. The molecule has 0 spiro atoms. The largest absolute Gasteiger partial charge is 0.339 e. The molecule has 19 heavy (non-hydrogen) atoms. The van der Waals surface area contributed by atoms with Gasteiger partial charge in [-0.25, -0.2) is 4.39 Å². The van der Waals surface area contributed by atoms with Gasteiger partial charge in [-0.2, -0.15) is 0 Å². The molecule has 2 heterocycles. The van der Waals surface area contributed by atoms with E-state index < -0.39 is 5.82 Å². The number of carbonyl (C=O) groups is 1. The zero-order chi connectivity index (χ0) is 13.4. The van der Waals surface area contributed by atoms with Crippen molar-refractivity contribution in [3.05, 3.63) is 46.0 Å². The van der Waals surface area contributed by atoms with E-state index in [0.717, 1.165) is 12.8 Å². The average Bonchev–Trinajstić information content (AvgIpc) is 2.90. The highest BCUT2D eigenvalue weighted by Gasteiger charge is 2.21. The summed E-state index contributed by atoms with van der Waals surface area (Å²) in [7, 11) is 0. The molecule has 3 rings (SSSR count). The van der Waals surface area contributed by atoms with E-state index in [0.29, 0.717) is 29.6 Å². The molecule has 1 aliphatic heterocycles. The Labute approximate surface area is 108 Å². The van der Waals surface area contributed by atoms with Crippen LogP contribution < -0.4 is 5.56 Å².